The van der Waals surface area contributed by atoms with Crippen LogP contribution in [-0.2, 0) is 16.4 Å². The Hall–Kier alpha value is -2.34. The minimum atomic E-state index is -3.53. The number of piperazine rings is 1. The van der Waals surface area contributed by atoms with Crippen molar-refractivity contribution in [2.75, 3.05) is 51.2 Å². The zero-order valence-corrected chi connectivity index (χ0v) is 22.4. The largest absolute Gasteiger partial charge is 0.345 e. The molecule has 2 aliphatic rings. The van der Waals surface area contributed by atoms with E-state index in [1.165, 1.54) is 29.7 Å². The molecule has 0 amide bonds. The minimum absolute atomic E-state index is 0.0457. The standard InChI is InChI=1S/C25H33FN6O2S2/c1-19(21-3-5-22(26)6-4-21)32-18-27-16-23(32)15-20-7-9-31(10-8-20)36(33,34)24-17-28-25(35-24)30-13-11-29(2)12-14-30/h3-6,16-20H,7-15H2,1-2H3/t19-/m1/s1. The van der Waals surface area contributed by atoms with Gasteiger partial charge in [-0.1, -0.05) is 23.5 Å². The fourth-order valence-electron chi connectivity index (χ4n) is 5.03. The smallest absolute Gasteiger partial charge is 0.254 e. The highest BCUT2D eigenvalue weighted by molar-refractivity contribution is 7.91. The summed E-state index contributed by atoms with van der Waals surface area (Å²) in [6.45, 7) is 6.75. The van der Waals surface area contributed by atoms with Crippen molar-refractivity contribution in [2.24, 2.45) is 5.92 Å². The first-order valence-electron chi connectivity index (χ1n) is 12.5. The second-order valence-electron chi connectivity index (χ2n) is 9.82. The zero-order valence-electron chi connectivity index (χ0n) is 20.8. The van der Waals surface area contributed by atoms with Gasteiger partial charge >= 0.3 is 0 Å². The Morgan fingerprint density at radius 2 is 1.75 bits per heavy atom. The lowest BCUT2D eigenvalue weighted by Crippen LogP contribution is -2.44. The SMILES string of the molecule is C[C@H](c1ccc(F)cc1)n1cncc1CC1CCN(S(=O)(=O)c2cnc(N3CCN(C)CC3)s2)CC1. The van der Waals surface area contributed by atoms with Gasteiger partial charge in [-0.3, -0.25) is 0 Å². The third kappa shape index (κ3) is 5.34. The van der Waals surface area contributed by atoms with E-state index in [1.807, 2.05) is 24.7 Å². The molecule has 0 aliphatic carbocycles. The summed E-state index contributed by atoms with van der Waals surface area (Å²) in [7, 11) is -1.44. The maximum Gasteiger partial charge on any atom is 0.254 e. The van der Waals surface area contributed by atoms with Gasteiger partial charge in [0.25, 0.3) is 10.0 Å². The molecule has 5 rings (SSSR count). The van der Waals surface area contributed by atoms with Crippen LogP contribution in [0.1, 0.15) is 37.1 Å². The summed E-state index contributed by atoms with van der Waals surface area (Å²) in [6.07, 6.45) is 7.69. The molecule has 2 aliphatic heterocycles. The van der Waals surface area contributed by atoms with Gasteiger partial charge in [-0.25, -0.2) is 22.8 Å². The maximum absolute atomic E-state index is 13.3. The van der Waals surface area contributed by atoms with Gasteiger partial charge in [0, 0.05) is 51.2 Å². The lowest BCUT2D eigenvalue weighted by atomic mass is 9.93. The molecule has 11 heteroatoms. The second-order valence-corrected chi connectivity index (χ2v) is 13.0. The molecule has 2 saturated heterocycles. The molecule has 0 radical (unpaired) electrons. The minimum Gasteiger partial charge on any atom is -0.345 e. The monoisotopic (exact) mass is 532 g/mol. The van der Waals surface area contributed by atoms with Crippen LogP contribution < -0.4 is 4.90 Å². The van der Waals surface area contributed by atoms with E-state index in [0.717, 1.165) is 61.8 Å². The van der Waals surface area contributed by atoms with Crippen LogP contribution >= 0.6 is 11.3 Å². The number of aromatic nitrogens is 3. The first kappa shape index (κ1) is 25.3. The summed E-state index contributed by atoms with van der Waals surface area (Å²) < 4.78 is 44.0. The van der Waals surface area contributed by atoms with E-state index in [-0.39, 0.29) is 11.9 Å². The molecule has 4 heterocycles. The summed E-state index contributed by atoms with van der Waals surface area (Å²) in [6, 6.07) is 6.62. The molecule has 2 fully saturated rings. The molecule has 1 atom stereocenters. The topological polar surface area (TPSA) is 74.6 Å². The van der Waals surface area contributed by atoms with Crippen LogP contribution in [0.4, 0.5) is 9.52 Å². The van der Waals surface area contributed by atoms with Gasteiger partial charge in [-0.05, 0) is 56.8 Å². The third-order valence-electron chi connectivity index (χ3n) is 7.43. The molecule has 1 aromatic carbocycles. The highest BCUT2D eigenvalue weighted by Crippen LogP contribution is 2.32. The van der Waals surface area contributed by atoms with Gasteiger partial charge in [0.2, 0.25) is 0 Å². The number of piperidine rings is 1. The summed E-state index contributed by atoms with van der Waals surface area (Å²) >= 11 is 1.28. The molecule has 2 aromatic heterocycles. The molecule has 0 unspecified atom stereocenters. The van der Waals surface area contributed by atoms with Gasteiger partial charge in [0.1, 0.15) is 5.82 Å². The Bertz CT molecular complexity index is 1260. The van der Waals surface area contributed by atoms with E-state index < -0.39 is 10.0 Å². The Morgan fingerprint density at radius 1 is 1.06 bits per heavy atom. The average Bonchev–Trinajstić information content (AvgIpc) is 3.56. The summed E-state index contributed by atoms with van der Waals surface area (Å²) in [4.78, 5) is 13.2. The van der Waals surface area contributed by atoms with E-state index in [9.17, 15) is 12.8 Å². The Labute approximate surface area is 216 Å². The van der Waals surface area contributed by atoms with Crippen LogP contribution in [0.5, 0.6) is 0 Å². The van der Waals surface area contributed by atoms with Crippen LogP contribution in [0.25, 0.3) is 0 Å². The van der Waals surface area contributed by atoms with Crippen molar-refractivity contribution < 1.29 is 12.8 Å². The number of thiazole rings is 1. The number of hydrogen-bond acceptors (Lipinski definition) is 7. The quantitative estimate of drug-likeness (QED) is 0.464. The number of anilines is 1. The van der Waals surface area contributed by atoms with Gasteiger partial charge in [0.05, 0.1) is 18.6 Å². The van der Waals surface area contributed by atoms with Crippen molar-refractivity contribution >= 4 is 26.5 Å². The van der Waals surface area contributed by atoms with Gasteiger partial charge < -0.3 is 14.4 Å². The number of nitrogens with zero attached hydrogens (tertiary/aromatic N) is 6. The lowest BCUT2D eigenvalue weighted by Gasteiger charge is -2.32. The molecule has 36 heavy (non-hydrogen) atoms. The fourth-order valence-corrected chi connectivity index (χ4v) is 7.83. The molecule has 0 N–H and O–H groups in total. The van der Waals surface area contributed by atoms with E-state index in [0.29, 0.717) is 23.2 Å². The van der Waals surface area contributed by atoms with E-state index in [4.69, 9.17) is 0 Å². The highest BCUT2D eigenvalue weighted by Gasteiger charge is 2.32. The lowest BCUT2D eigenvalue weighted by molar-refractivity contribution is 0.270. The molecule has 3 aromatic rings. The van der Waals surface area contributed by atoms with Crippen LogP contribution in [0.3, 0.4) is 0 Å². The number of halogens is 1. The number of hydrogen-bond donors (Lipinski definition) is 0. The van der Waals surface area contributed by atoms with Crippen molar-refractivity contribution in [2.45, 2.75) is 36.4 Å². The first-order chi connectivity index (χ1) is 17.3. The molecular formula is C25H33FN6O2S2. The van der Waals surface area contributed by atoms with Crippen LogP contribution in [0.2, 0.25) is 0 Å². The summed E-state index contributed by atoms with van der Waals surface area (Å²) in [5.41, 5.74) is 2.14. The van der Waals surface area contributed by atoms with Crippen molar-refractivity contribution in [1.82, 2.24) is 23.7 Å². The predicted octanol–water partition coefficient (Wildman–Crippen LogP) is 3.48. The molecule has 194 valence electrons. The number of likely N-dealkylation sites (N-methyl/N-ethyl adjacent to an activating group) is 1. The molecule has 8 nitrogen and oxygen atoms in total. The van der Waals surface area contributed by atoms with E-state index in [2.05, 4.69) is 38.3 Å². The number of benzene rings is 1. The summed E-state index contributed by atoms with van der Waals surface area (Å²) in [5, 5.41) is 0.792. The Kier molecular flexibility index (Phi) is 7.43. The Balaban J connectivity index is 1.19. The molecule has 0 bridgehead atoms. The van der Waals surface area contributed by atoms with Gasteiger partial charge in [0.15, 0.2) is 9.34 Å². The second kappa shape index (κ2) is 10.6. The van der Waals surface area contributed by atoms with Crippen LogP contribution in [-0.4, -0.2) is 78.5 Å². The molecular weight excluding hydrogens is 499 g/mol. The number of sulfonamides is 1. The predicted molar refractivity (Wildman–Crippen MR) is 139 cm³/mol. The number of rotatable bonds is 7. The Morgan fingerprint density at radius 3 is 2.44 bits per heavy atom. The van der Waals surface area contributed by atoms with Crippen LogP contribution in [0.15, 0.2) is 47.2 Å². The molecule has 0 saturated carbocycles. The van der Waals surface area contributed by atoms with Crippen molar-refractivity contribution in [1.29, 1.82) is 0 Å². The average molecular weight is 533 g/mol. The van der Waals surface area contributed by atoms with Crippen LogP contribution in [0, 0.1) is 11.7 Å². The normalized spacial score (nSPS) is 19.6. The zero-order chi connectivity index (χ0) is 25.3. The van der Waals surface area contributed by atoms with Crippen molar-refractivity contribution in [3.63, 3.8) is 0 Å². The van der Waals surface area contributed by atoms with E-state index >= 15 is 0 Å². The van der Waals surface area contributed by atoms with Crippen molar-refractivity contribution in [3.05, 3.63) is 60.1 Å². The maximum atomic E-state index is 13.3. The van der Waals surface area contributed by atoms with Crippen molar-refractivity contribution in [3.8, 4) is 0 Å². The summed E-state index contributed by atoms with van der Waals surface area (Å²) in [5.74, 6) is 0.141. The highest BCUT2D eigenvalue weighted by atomic mass is 32.2. The van der Waals surface area contributed by atoms with Gasteiger partial charge in [-0.2, -0.15) is 4.31 Å². The van der Waals surface area contributed by atoms with Gasteiger partial charge in [-0.15, -0.1) is 0 Å². The number of imidazole rings is 1. The first-order valence-corrected chi connectivity index (χ1v) is 14.7. The fraction of sp³-hybridized carbons (Fsp3) is 0.520. The molecule has 0 spiro atoms. The third-order valence-corrected chi connectivity index (χ3v) is 10.8. The van der Waals surface area contributed by atoms with E-state index in [1.54, 1.807) is 4.31 Å².